The number of rotatable bonds is 5. The van der Waals surface area contributed by atoms with Crippen molar-refractivity contribution in [3.05, 3.63) is 29.8 Å². The molecule has 2 rings (SSSR count). The number of benzene rings is 1. The van der Waals surface area contributed by atoms with Crippen molar-refractivity contribution < 1.29 is 18.3 Å². The lowest BCUT2D eigenvalue weighted by atomic mass is 10.0. The fourth-order valence-corrected chi connectivity index (χ4v) is 3.66. The number of hydrogen-bond donors (Lipinski definition) is 2. The Morgan fingerprint density at radius 1 is 1.33 bits per heavy atom. The summed E-state index contributed by atoms with van der Waals surface area (Å²) in [5.74, 6) is -0.454. The summed E-state index contributed by atoms with van der Waals surface area (Å²) in [7, 11) is -3.63. The van der Waals surface area contributed by atoms with Crippen LogP contribution in [0, 0.1) is 5.92 Å². The number of carbonyl (C=O) groups is 1. The molecule has 1 heterocycles. The van der Waals surface area contributed by atoms with Crippen molar-refractivity contribution in [2.45, 2.75) is 26.2 Å². The molecule has 1 aliphatic rings. The zero-order chi connectivity index (χ0) is 15.5. The molecule has 0 amide bonds. The summed E-state index contributed by atoms with van der Waals surface area (Å²) in [6, 6.07) is 6.58. The standard InChI is InChI=1S/C14H20N2O4S/c1-11-6-8-16(9-7-11)21(19,20)15-13-5-3-2-4-12(13)10-14(17)18/h2-5,11,15H,6-10H2,1H3,(H,17,18). The summed E-state index contributed by atoms with van der Waals surface area (Å²) in [5.41, 5.74) is 0.789. The maximum Gasteiger partial charge on any atom is 0.307 e. The van der Waals surface area contributed by atoms with E-state index in [-0.39, 0.29) is 6.42 Å². The molecule has 116 valence electrons. The van der Waals surface area contributed by atoms with Crippen molar-refractivity contribution in [1.82, 2.24) is 4.31 Å². The predicted octanol–water partition coefficient (Wildman–Crippen LogP) is 1.70. The van der Waals surface area contributed by atoms with E-state index in [0.717, 1.165) is 12.8 Å². The smallest absolute Gasteiger partial charge is 0.307 e. The van der Waals surface area contributed by atoms with Crippen molar-refractivity contribution in [1.29, 1.82) is 0 Å². The fraction of sp³-hybridized carbons (Fsp3) is 0.500. The Balaban J connectivity index is 2.15. The highest BCUT2D eigenvalue weighted by atomic mass is 32.2. The molecule has 7 heteroatoms. The van der Waals surface area contributed by atoms with Crippen molar-refractivity contribution >= 4 is 21.9 Å². The summed E-state index contributed by atoms with van der Waals surface area (Å²) in [6.07, 6.45) is 1.48. The number of anilines is 1. The third-order valence-corrected chi connectivity index (χ3v) is 5.20. The number of carboxylic acid groups (broad SMARTS) is 1. The molecule has 0 aromatic heterocycles. The van der Waals surface area contributed by atoms with E-state index in [1.165, 1.54) is 4.31 Å². The minimum Gasteiger partial charge on any atom is -0.481 e. The summed E-state index contributed by atoms with van der Waals surface area (Å²) in [4.78, 5) is 10.8. The van der Waals surface area contributed by atoms with Gasteiger partial charge in [-0.2, -0.15) is 12.7 Å². The van der Waals surface area contributed by atoms with Gasteiger partial charge in [-0.05, 0) is 30.4 Å². The van der Waals surface area contributed by atoms with Gasteiger partial charge in [0.2, 0.25) is 0 Å². The molecule has 0 atom stereocenters. The molecule has 1 aromatic rings. The molecule has 0 saturated carbocycles. The molecule has 6 nitrogen and oxygen atoms in total. The van der Waals surface area contributed by atoms with E-state index in [1.54, 1.807) is 24.3 Å². The van der Waals surface area contributed by atoms with Crippen LogP contribution in [-0.2, 0) is 21.4 Å². The van der Waals surface area contributed by atoms with E-state index in [0.29, 0.717) is 30.3 Å². The average Bonchev–Trinajstić information content (AvgIpc) is 2.40. The van der Waals surface area contributed by atoms with E-state index >= 15 is 0 Å². The summed E-state index contributed by atoms with van der Waals surface area (Å²) in [5, 5.41) is 8.88. The Morgan fingerprint density at radius 3 is 2.57 bits per heavy atom. The first kappa shape index (κ1) is 15.8. The summed E-state index contributed by atoms with van der Waals surface area (Å²) >= 11 is 0. The average molecular weight is 312 g/mol. The second kappa shape index (κ2) is 6.44. The molecule has 0 bridgehead atoms. The maximum absolute atomic E-state index is 12.4. The van der Waals surface area contributed by atoms with E-state index < -0.39 is 16.2 Å². The van der Waals surface area contributed by atoms with E-state index in [9.17, 15) is 13.2 Å². The molecule has 0 unspecified atom stereocenters. The Hall–Kier alpha value is -1.60. The summed E-state index contributed by atoms with van der Waals surface area (Å²) < 4.78 is 28.7. The number of para-hydroxylation sites is 1. The van der Waals surface area contributed by atoms with Crippen LogP contribution in [0.15, 0.2) is 24.3 Å². The van der Waals surface area contributed by atoms with Gasteiger partial charge in [-0.3, -0.25) is 9.52 Å². The molecular formula is C14H20N2O4S. The highest BCUT2D eigenvalue weighted by molar-refractivity contribution is 7.90. The first-order chi connectivity index (χ1) is 9.88. The quantitative estimate of drug-likeness (QED) is 0.866. The molecule has 2 N–H and O–H groups in total. The molecule has 0 aliphatic carbocycles. The van der Waals surface area contributed by atoms with Crippen LogP contribution >= 0.6 is 0 Å². The third-order valence-electron chi connectivity index (χ3n) is 3.68. The van der Waals surface area contributed by atoms with Crippen molar-refractivity contribution in [3.8, 4) is 0 Å². The van der Waals surface area contributed by atoms with Crippen LogP contribution in [0.2, 0.25) is 0 Å². The molecule has 21 heavy (non-hydrogen) atoms. The second-order valence-electron chi connectivity index (χ2n) is 5.42. The first-order valence-corrected chi connectivity index (χ1v) is 8.40. The number of aliphatic carboxylic acids is 1. The molecular weight excluding hydrogens is 292 g/mol. The predicted molar refractivity (Wildman–Crippen MR) is 80.3 cm³/mol. The lowest BCUT2D eigenvalue weighted by Crippen LogP contribution is -2.41. The molecule has 0 spiro atoms. The van der Waals surface area contributed by atoms with E-state index in [4.69, 9.17) is 5.11 Å². The number of piperidine rings is 1. The minimum atomic E-state index is -3.63. The highest BCUT2D eigenvalue weighted by Gasteiger charge is 2.26. The number of hydrogen-bond acceptors (Lipinski definition) is 3. The largest absolute Gasteiger partial charge is 0.481 e. The van der Waals surface area contributed by atoms with Crippen molar-refractivity contribution in [2.75, 3.05) is 17.8 Å². The maximum atomic E-state index is 12.4. The molecule has 1 aliphatic heterocycles. The van der Waals surface area contributed by atoms with Gasteiger partial charge in [0, 0.05) is 13.1 Å². The van der Waals surface area contributed by atoms with E-state index in [2.05, 4.69) is 11.6 Å². The molecule has 0 radical (unpaired) electrons. The zero-order valence-electron chi connectivity index (χ0n) is 11.9. The van der Waals surface area contributed by atoms with Crippen molar-refractivity contribution in [2.24, 2.45) is 5.92 Å². The first-order valence-electron chi connectivity index (χ1n) is 6.96. The van der Waals surface area contributed by atoms with Crippen LogP contribution in [0.3, 0.4) is 0 Å². The Morgan fingerprint density at radius 2 is 1.95 bits per heavy atom. The van der Waals surface area contributed by atoms with Gasteiger partial charge in [0.1, 0.15) is 0 Å². The Labute approximate surface area is 125 Å². The highest BCUT2D eigenvalue weighted by Crippen LogP contribution is 2.22. The number of carboxylic acids is 1. The summed E-state index contributed by atoms with van der Waals surface area (Å²) in [6.45, 7) is 3.11. The van der Waals surface area contributed by atoms with Crippen LogP contribution in [0.1, 0.15) is 25.3 Å². The van der Waals surface area contributed by atoms with Crippen LogP contribution in [0.5, 0.6) is 0 Å². The lowest BCUT2D eigenvalue weighted by molar-refractivity contribution is -0.136. The topological polar surface area (TPSA) is 86.7 Å². The van der Waals surface area contributed by atoms with Gasteiger partial charge in [-0.25, -0.2) is 0 Å². The SMILES string of the molecule is CC1CCN(S(=O)(=O)Nc2ccccc2CC(=O)O)CC1. The van der Waals surface area contributed by atoms with Crippen LogP contribution in [0.4, 0.5) is 5.69 Å². The van der Waals surface area contributed by atoms with Gasteiger partial charge in [-0.15, -0.1) is 0 Å². The third kappa shape index (κ3) is 4.18. The number of nitrogens with zero attached hydrogens (tertiary/aromatic N) is 1. The fourth-order valence-electron chi connectivity index (χ4n) is 2.37. The number of nitrogens with one attached hydrogen (secondary N) is 1. The zero-order valence-corrected chi connectivity index (χ0v) is 12.8. The van der Waals surface area contributed by atoms with Gasteiger partial charge < -0.3 is 5.11 Å². The minimum absolute atomic E-state index is 0.213. The Bertz CT molecular complexity index is 607. The van der Waals surface area contributed by atoms with Crippen LogP contribution < -0.4 is 4.72 Å². The Kier molecular flexibility index (Phi) is 4.84. The monoisotopic (exact) mass is 312 g/mol. The molecule has 1 saturated heterocycles. The van der Waals surface area contributed by atoms with Gasteiger partial charge >= 0.3 is 16.2 Å². The molecule has 1 aromatic carbocycles. The van der Waals surface area contributed by atoms with Crippen LogP contribution in [0.25, 0.3) is 0 Å². The van der Waals surface area contributed by atoms with Gasteiger partial charge in [0.25, 0.3) is 0 Å². The van der Waals surface area contributed by atoms with Gasteiger partial charge in [0.15, 0.2) is 0 Å². The lowest BCUT2D eigenvalue weighted by Gasteiger charge is -2.29. The van der Waals surface area contributed by atoms with Gasteiger partial charge in [-0.1, -0.05) is 25.1 Å². The van der Waals surface area contributed by atoms with Gasteiger partial charge in [0.05, 0.1) is 12.1 Å². The van der Waals surface area contributed by atoms with Crippen molar-refractivity contribution in [3.63, 3.8) is 0 Å². The second-order valence-corrected chi connectivity index (χ2v) is 7.09. The van der Waals surface area contributed by atoms with E-state index in [1.807, 2.05) is 0 Å². The van der Waals surface area contributed by atoms with Crippen LogP contribution in [-0.4, -0.2) is 36.9 Å². The normalized spacial score (nSPS) is 17.6. The molecule has 1 fully saturated rings.